The maximum atomic E-state index is 12.0. The van der Waals surface area contributed by atoms with Crippen molar-refractivity contribution < 1.29 is 4.79 Å². The number of thiophene rings is 1. The lowest BCUT2D eigenvalue weighted by atomic mass is 10.1. The van der Waals surface area contributed by atoms with Crippen LogP contribution in [0.3, 0.4) is 0 Å². The molecule has 0 bridgehead atoms. The number of hydrogen-bond acceptors (Lipinski definition) is 2. The van der Waals surface area contributed by atoms with Gasteiger partial charge in [0.15, 0.2) is 0 Å². The first-order chi connectivity index (χ1) is 7.68. The highest BCUT2D eigenvalue weighted by Crippen LogP contribution is 2.33. The van der Waals surface area contributed by atoms with Gasteiger partial charge in [-0.1, -0.05) is 5.57 Å². The van der Waals surface area contributed by atoms with Crippen LogP contribution in [0.1, 0.15) is 38.3 Å². The van der Waals surface area contributed by atoms with Crippen LogP contribution in [-0.2, 0) is 4.79 Å². The fourth-order valence-electron chi connectivity index (χ4n) is 2.17. The van der Waals surface area contributed by atoms with Gasteiger partial charge >= 0.3 is 0 Å². The molecule has 0 spiro atoms. The van der Waals surface area contributed by atoms with Crippen molar-refractivity contribution in [1.29, 1.82) is 0 Å². The van der Waals surface area contributed by atoms with E-state index in [-0.39, 0.29) is 5.91 Å². The Balaban J connectivity index is 2.15. The molecule has 0 saturated carbocycles. The van der Waals surface area contributed by atoms with Gasteiger partial charge in [0.25, 0.3) is 0 Å². The molecule has 1 unspecified atom stereocenters. The minimum absolute atomic E-state index is 0.161. The van der Waals surface area contributed by atoms with Crippen LogP contribution in [-0.4, -0.2) is 17.4 Å². The van der Waals surface area contributed by atoms with Crippen molar-refractivity contribution in [3.05, 3.63) is 34.0 Å². The predicted octanol–water partition coefficient (Wildman–Crippen LogP) is 3.38. The zero-order chi connectivity index (χ0) is 11.5. The Kier molecular flexibility index (Phi) is 3.44. The molecular formula is C13H17NOS. The first-order valence-corrected chi connectivity index (χ1v) is 6.60. The summed E-state index contributed by atoms with van der Waals surface area (Å²) in [5.41, 5.74) is 2.36. The number of amides is 1. The number of carbonyl (C=O) groups is 1. The fraction of sp³-hybridized carbons (Fsp3) is 0.462. The highest BCUT2D eigenvalue weighted by Gasteiger charge is 2.28. The van der Waals surface area contributed by atoms with E-state index >= 15 is 0 Å². The van der Waals surface area contributed by atoms with Crippen LogP contribution < -0.4 is 0 Å². The van der Waals surface area contributed by atoms with Gasteiger partial charge in [-0.15, -0.1) is 0 Å². The highest BCUT2D eigenvalue weighted by molar-refractivity contribution is 7.07. The second kappa shape index (κ2) is 4.83. The summed E-state index contributed by atoms with van der Waals surface area (Å²) in [6.07, 6.45) is 3.95. The van der Waals surface area contributed by atoms with Gasteiger partial charge in [-0.05, 0) is 49.1 Å². The summed E-state index contributed by atoms with van der Waals surface area (Å²) in [6, 6.07) is 2.43. The minimum atomic E-state index is 0.161. The molecule has 1 fully saturated rings. The van der Waals surface area contributed by atoms with Crippen molar-refractivity contribution in [1.82, 2.24) is 4.90 Å². The number of carbonyl (C=O) groups excluding carboxylic acids is 1. The van der Waals surface area contributed by atoms with Crippen molar-refractivity contribution in [2.45, 2.75) is 32.7 Å². The molecule has 1 aromatic heterocycles. The smallest absolute Gasteiger partial charge is 0.246 e. The van der Waals surface area contributed by atoms with Gasteiger partial charge in [0.05, 0.1) is 6.04 Å². The van der Waals surface area contributed by atoms with Crippen LogP contribution in [0.5, 0.6) is 0 Å². The van der Waals surface area contributed by atoms with Gasteiger partial charge < -0.3 is 4.90 Å². The molecule has 86 valence electrons. The summed E-state index contributed by atoms with van der Waals surface area (Å²) in [5.74, 6) is 0.161. The van der Waals surface area contributed by atoms with Gasteiger partial charge in [-0.2, -0.15) is 11.3 Å². The average Bonchev–Trinajstić information content (AvgIpc) is 2.87. The molecule has 1 amide bonds. The Hall–Kier alpha value is -1.09. The summed E-state index contributed by atoms with van der Waals surface area (Å²) in [4.78, 5) is 14.0. The molecule has 2 heterocycles. The van der Waals surface area contributed by atoms with Gasteiger partial charge in [0.2, 0.25) is 5.91 Å². The molecule has 0 aromatic carbocycles. The van der Waals surface area contributed by atoms with E-state index in [1.165, 1.54) is 5.56 Å². The molecule has 2 rings (SSSR count). The summed E-state index contributed by atoms with van der Waals surface area (Å²) < 4.78 is 0. The third-order valence-electron chi connectivity index (χ3n) is 2.88. The molecule has 1 atom stereocenters. The molecule has 1 aliphatic heterocycles. The number of nitrogens with zero attached hydrogens (tertiary/aromatic N) is 1. The monoisotopic (exact) mass is 235 g/mol. The molecular weight excluding hydrogens is 218 g/mol. The van der Waals surface area contributed by atoms with Crippen molar-refractivity contribution in [2.24, 2.45) is 0 Å². The molecule has 1 aromatic rings. The first-order valence-electron chi connectivity index (χ1n) is 5.66. The lowest BCUT2D eigenvalue weighted by molar-refractivity contribution is -0.126. The molecule has 16 heavy (non-hydrogen) atoms. The van der Waals surface area contributed by atoms with E-state index in [9.17, 15) is 4.79 Å². The van der Waals surface area contributed by atoms with Crippen LogP contribution in [0.15, 0.2) is 28.5 Å². The lowest BCUT2D eigenvalue weighted by Crippen LogP contribution is -2.28. The van der Waals surface area contributed by atoms with E-state index in [1.807, 2.05) is 18.7 Å². The second-order valence-corrected chi connectivity index (χ2v) is 5.25. The Morgan fingerprint density at radius 1 is 1.56 bits per heavy atom. The average molecular weight is 235 g/mol. The normalized spacial score (nSPS) is 19.9. The molecule has 3 heteroatoms. The SMILES string of the molecule is CC(C)=CC(=O)N1CCCC1c1ccsc1. The van der Waals surface area contributed by atoms with Gasteiger partial charge in [-0.25, -0.2) is 0 Å². The summed E-state index contributed by atoms with van der Waals surface area (Å²) in [7, 11) is 0. The quantitative estimate of drug-likeness (QED) is 0.720. The number of likely N-dealkylation sites (tertiary alicyclic amines) is 1. The second-order valence-electron chi connectivity index (χ2n) is 4.47. The van der Waals surface area contributed by atoms with Crippen LogP contribution >= 0.6 is 11.3 Å². The van der Waals surface area contributed by atoms with Crippen molar-refractivity contribution in [3.63, 3.8) is 0 Å². The van der Waals surface area contributed by atoms with E-state index < -0.39 is 0 Å². The third kappa shape index (κ3) is 2.35. The zero-order valence-electron chi connectivity index (χ0n) is 9.77. The van der Waals surface area contributed by atoms with E-state index in [4.69, 9.17) is 0 Å². The van der Waals surface area contributed by atoms with Crippen LogP contribution in [0.25, 0.3) is 0 Å². The Morgan fingerprint density at radius 2 is 2.38 bits per heavy atom. The van der Waals surface area contributed by atoms with E-state index in [0.717, 1.165) is 25.0 Å². The van der Waals surface area contributed by atoms with E-state index in [2.05, 4.69) is 16.8 Å². The highest BCUT2D eigenvalue weighted by atomic mass is 32.1. The molecule has 1 saturated heterocycles. The molecule has 0 N–H and O–H groups in total. The minimum Gasteiger partial charge on any atom is -0.332 e. The van der Waals surface area contributed by atoms with Crippen molar-refractivity contribution in [3.8, 4) is 0 Å². The maximum absolute atomic E-state index is 12.0. The van der Waals surface area contributed by atoms with Gasteiger partial charge in [-0.3, -0.25) is 4.79 Å². The topological polar surface area (TPSA) is 20.3 Å². The molecule has 2 nitrogen and oxygen atoms in total. The summed E-state index contributed by atoms with van der Waals surface area (Å²) in [5, 5.41) is 4.23. The summed E-state index contributed by atoms with van der Waals surface area (Å²) in [6.45, 7) is 4.82. The molecule has 0 radical (unpaired) electrons. The first kappa shape index (κ1) is 11.4. The fourth-order valence-corrected chi connectivity index (χ4v) is 2.88. The molecule has 0 aliphatic carbocycles. The predicted molar refractivity (Wildman–Crippen MR) is 67.4 cm³/mol. The summed E-state index contributed by atoms with van der Waals surface area (Å²) >= 11 is 1.70. The van der Waals surface area contributed by atoms with Gasteiger partial charge in [0, 0.05) is 12.6 Å². The van der Waals surface area contributed by atoms with E-state index in [0.29, 0.717) is 6.04 Å². The number of allylic oxidation sites excluding steroid dienone is 1. The standard InChI is InChI=1S/C13H17NOS/c1-10(2)8-13(15)14-6-3-4-12(14)11-5-7-16-9-11/h5,7-9,12H,3-4,6H2,1-2H3. The number of hydrogen-bond donors (Lipinski definition) is 0. The third-order valence-corrected chi connectivity index (χ3v) is 3.58. The van der Waals surface area contributed by atoms with Gasteiger partial charge in [0.1, 0.15) is 0 Å². The van der Waals surface area contributed by atoms with Crippen molar-refractivity contribution in [2.75, 3.05) is 6.54 Å². The van der Waals surface area contributed by atoms with Crippen LogP contribution in [0.2, 0.25) is 0 Å². The van der Waals surface area contributed by atoms with Crippen molar-refractivity contribution >= 4 is 17.2 Å². The maximum Gasteiger partial charge on any atom is 0.246 e. The largest absolute Gasteiger partial charge is 0.332 e. The zero-order valence-corrected chi connectivity index (χ0v) is 10.6. The molecule has 1 aliphatic rings. The Labute approximate surface area is 101 Å². The lowest BCUT2D eigenvalue weighted by Gasteiger charge is -2.23. The Morgan fingerprint density at radius 3 is 3.00 bits per heavy atom. The van der Waals surface area contributed by atoms with E-state index in [1.54, 1.807) is 17.4 Å². The van der Waals surface area contributed by atoms with Crippen LogP contribution in [0.4, 0.5) is 0 Å². The number of rotatable bonds is 2. The van der Waals surface area contributed by atoms with Crippen LogP contribution in [0, 0.1) is 0 Å². The Bertz CT molecular complexity index is 390.